The zero-order valence-corrected chi connectivity index (χ0v) is 20.1. The van der Waals surface area contributed by atoms with Crippen LogP contribution in [0.3, 0.4) is 0 Å². The van der Waals surface area contributed by atoms with E-state index in [1.807, 2.05) is 36.7 Å². The maximum atomic E-state index is 12.4. The number of benzene rings is 1. The summed E-state index contributed by atoms with van der Waals surface area (Å²) in [6, 6.07) is 5.74. The van der Waals surface area contributed by atoms with Crippen LogP contribution in [0.4, 0.5) is 23.1 Å². The molecule has 12 nitrogen and oxygen atoms in total. The Balaban J connectivity index is 1.28. The summed E-state index contributed by atoms with van der Waals surface area (Å²) in [4.78, 5) is 36.0. The molecule has 2 aliphatic heterocycles. The average Bonchev–Trinajstić information content (AvgIpc) is 3.52. The molecular formula is C24H25N9O3. The lowest BCUT2D eigenvalue weighted by atomic mass is 9.86. The Morgan fingerprint density at radius 2 is 2.14 bits per heavy atom. The predicted octanol–water partition coefficient (Wildman–Crippen LogP) is 2.49. The van der Waals surface area contributed by atoms with Gasteiger partial charge in [0, 0.05) is 30.3 Å². The van der Waals surface area contributed by atoms with E-state index in [2.05, 4.69) is 35.7 Å². The van der Waals surface area contributed by atoms with Crippen molar-refractivity contribution in [3.05, 3.63) is 53.6 Å². The van der Waals surface area contributed by atoms with Crippen molar-refractivity contribution in [2.45, 2.75) is 39.3 Å². The Labute approximate surface area is 206 Å². The highest BCUT2D eigenvalue weighted by Gasteiger charge is 2.38. The van der Waals surface area contributed by atoms with Gasteiger partial charge in [0.25, 0.3) is 0 Å². The van der Waals surface area contributed by atoms with Crippen LogP contribution in [-0.2, 0) is 28.0 Å². The zero-order valence-electron chi connectivity index (χ0n) is 20.1. The smallest absolute Gasteiger partial charge is 0.341 e. The van der Waals surface area contributed by atoms with E-state index in [0.717, 1.165) is 22.6 Å². The standard InChI is InChI=1S/C24H25N9O3/c1-4-36-21(34)15-12-26-32-10-9-31(13-18(15)32)19-20-29-23(30-33(20)8-7-25-19)27-14-5-6-16-17(11-14)28-22(35)24(16,2)3/h5-8,11-12H,4,9-10,13H2,1-3H3,(H,27,30)(H,28,35). The second kappa shape index (κ2) is 8.04. The summed E-state index contributed by atoms with van der Waals surface area (Å²) in [7, 11) is 0. The van der Waals surface area contributed by atoms with Crippen molar-refractivity contribution in [2.24, 2.45) is 0 Å². The maximum Gasteiger partial charge on any atom is 0.341 e. The number of ether oxygens (including phenoxy) is 1. The van der Waals surface area contributed by atoms with Crippen LogP contribution in [0.5, 0.6) is 0 Å². The molecule has 0 bridgehead atoms. The van der Waals surface area contributed by atoms with Gasteiger partial charge in [-0.15, -0.1) is 5.10 Å². The van der Waals surface area contributed by atoms with E-state index in [1.165, 1.54) is 0 Å². The highest BCUT2D eigenvalue weighted by molar-refractivity contribution is 6.06. The van der Waals surface area contributed by atoms with E-state index in [9.17, 15) is 9.59 Å². The van der Waals surface area contributed by atoms with Gasteiger partial charge in [-0.05, 0) is 38.5 Å². The summed E-state index contributed by atoms with van der Waals surface area (Å²) in [5, 5.41) is 15.1. The number of anilines is 4. The molecule has 0 spiro atoms. The third-order valence-electron chi connectivity index (χ3n) is 6.67. The van der Waals surface area contributed by atoms with Gasteiger partial charge < -0.3 is 20.3 Å². The number of amides is 1. The summed E-state index contributed by atoms with van der Waals surface area (Å²) < 4.78 is 8.68. The molecule has 0 saturated heterocycles. The molecule has 12 heteroatoms. The topological polar surface area (TPSA) is 132 Å². The minimum Gasteiger partial charge on any atom is -0.462 e. The fourth-order valence-corrected chi connectivity index (χ4v) is 4.69. The molecule has 184 valence electrons. The molecule has 0 radical (unpaired) electrons. The molecule has 6 rings (SSSR count). The predicted molar refractivity (Wildman–Crippen MR) is 131 cm³/mol. The minimum atomic E-state index is -0.563. The number of hydrogen-bond acceptors (Lipinski definition) is 9. The highest BCUT2D eigenvalue weighted by Crippen LogP contribution is 2.39. The second-order valence-corrected chi connectivity index (χ2v) is 9.29. The number of hydrogen-bond donors (Lipinski definition) is 2. The number of carbonyl (C=O) groups excluding carboxylic acids is 2. The molecule has 5 heterocycles. The van der Waals surface area contributed by atoms with E-state index >= 15 is 0 Å². The first-order valence-corrected chi connectivity index (χ1v) is 11.8. The Bertz CT molecular complexity index is 1520. The number of nitrogens with zero attached hydrogens (tertiary/aromatic N) is 7. The van der Waals surface area contributed by atoms with Crippen molar-refractivity contribution in [1.29, 1.82) is 0 Å². The molecule has 2 N–H and O–H groups in total. The van der Waals surface area contributed by atoms with Crippen molar-refractivity contribution in [3.63, 3.8) is 0 Å². The lowest BCUT2D eigenvalue weighted by Gasteiger charge is -2.29. The van der Waals surface area contributed by atoms with Crippen LogP contribution in [0, 0.1) is 0 Å². The monoisotopic (exact) mass is 487 g/mol. The van der Waals surface area contributed by atoms with Gasteiger partial charge in [0.1, 0.15) is 5.56 Å². The first kappa shape index (κ1) is 22.0. The first-order chi connectivity index (χ1) is 17.3. The molecule has 0 unspecified atom stereocenters. The summed E-state index contributed by atoms with van der Waals surface area (Å²) in [6.45, 7) is 7.59. The molecule has 4 aromatic rings. The summed E-state index contributed by atoms with van der Waals surface area (Å²) in [6.07, 6.45) is 4.97. The van der Waals surface area contributed by atoms with Gasteiger partial charge in [0.2, 0.25) is 11.9 Å². The lowest BCUT2D eigenvalue weighted by Crippen LogP contribution is -2.35. The van der Waals surface area contributed by atoms with Crippen molar-refractivity contribution in [3.8, 4) is 0 Å². The van der Waals surface area contributed by atoms with E-state index in [1.54, 1.807) is 30.0 Å². The Hall–Kier alpha value is -4.48. The number of aromatic nitrogens is 6. The van der Waals surface area contributed by atoms with Crippen molar-refractivity contribution in [2.75, 3.05) is 28.7 Å². The highest BCUT2D eigenvalue weighted by atomic mass is 16.5. The molecule has 36 heavy (non-hydrogen) atoms. The number of nitrogens with one attached hydrogen (secondary N) is 2. The van der Waals surface area contributed by atoms with Crippen LogP contribution in [0.1, 0.15) is 42.4 Å². The Morgan fingerprint density at radius 3 is 2.97 bits per heavy atom. The first-order valence-electron chi connectivity index (χ1n) is 11.8. The van der Waals surface area contributed by atoms with Crippen molar-refractivity contribution >= 4 is 40.7 Å². The summed E-state index contributed by atoms with van der Waals surface area (Å²) >= 11 is 0. The van der Waals surface area contributed by atoms with Gasteiger partial charge in [0.05, 0.1) is 37.0 Å². The van der Waals surface area contributed by atoms with Gasteiger partial charge in [-0.25, -0.2) is 14.3 Å². The quantitative estimate of drug-likeness (QED) is 0.408. The molecule has 1 amide bonds. The molecule has 0 atom stereocenters. The fraction of sp³-hybridized carbons (Fsp3) is 0.333. The SMILES string of the molecule is CCOC(=O)c1cnn2c1CN(c1nccn3nc(Nc4ccc5c(c4)NC(=O)C5(C)C)nc13)CC2. The summed E-state index contributed by atoms with van der Waals surface area (Å²) in [5.41, 5.74) is 3.77. The Morgan fingerprint density at radius 1 is 1.28 bits per heavy atom. The van der Waals surface area contributed by atoms with Crippen LogP contribution in [-0.4, -0.2) is 54.4 Å². The van der Waals surface area contributed by atoms with E-state index < -0.39 is 5.41 Å². The van der Waals surface area contributed by atoms with Gasteiger partial charge >= 0.3 is 5.97 Å². The number of fused-ring (bicyclic) bond motifs is 3. The molecule has 2 aliphatic rings. The molecular weight excluding hydrogens is 462 g/mol. The minimum absolute atomic E-state index is 0.0230. The van der Waals surface area contributed by atoms with Crippen LogP contribution >= 0.6 is 0 Å². The molecule has 3 aromatic heterocycles. The van der Waals surface area contributed by atoms with E-state index in [4.69, 9.17) is 4.74 Å². The Kier molecular flexibility index (Phi) is 4.92. The molecule has 0 saturated carbocycles. The number of esters is 1. The number of rotatable bonds is 5. The van der Waals surface area contributed by atoms with Gasteiger partial charge in [-0.2, -0.15) is 10.1 Å². The summed E-state index contributed by atoms with van der Waals surface area (Å²) in [5.74, 6) is 0.658. The molecule has 0 aliphatic carbocycles. The molecule has 0 fully saturated rings. The van der Waals surface area contributed by atoms with E-state index in [-0.39, 0.29) is 11.9 Å². The van der Waals surface area contributed by atoms with Crippen molar-refractivity contribution in [1.82, 2.24) is 29.4 Å². The molecule has 1 aromatic carbocycles. The average molecular weight is 488 g/mol. The largest absolute Gasteiger partial charge is 0.462 e. The maximum absolute atomic E-state index is 12.4. The van der Waals surface area contributed by atoms with E-state index in [0.29, 0.717) is 49.2 Å². The lowest BCUT2D eigenvalue weighted by molar-refractivity contribution is -0.119. The van der Waals surface area contributed by atoms with Gasteiger partial charge in [0.15, 0.2) is 11.5 Å². The second-order valence-electron chi connectivity index (χ2n) is 9.29. The van der Waals surface area contributed by atoms with Gasteiger partial charge in [-0.3, -0.25) is 9.48 Å². The van der Waals surface area contributed by atoms with Crippen LogP contribution in [0.2, 0.25) is 0 Å². The number of carbonyl (C=O) groups is 2. The van der Waals surface area contributed by atoms with Crippen LogP contribution in [0.15, 0.2) is 36.8 Å². The van der Waals surface area contributed by atoms with Crippen LogP contribution < -0.4 is 15.5 Å². The third-order valence-corrected chi connectivity index (χ3v) is 6.67. The normalized spacial score (nSPS) is 16.0. The van der Waals surface area contributed by atoms with Crippen molar-refractivity contribution < 1.29 is 14.3 Å². The zero-order chi connectivity index (χ0) is 25.0. The third kappa shape index (κ3) is 3.44. The van der Waals surface area contributed by atoms with Crippen LogP contribution in [0.25, 0.3) is 5.65 Å². The van der Waals surface area contributed by atoms with Gasteiger partial charge in [-0.1, -0.05) is 6.07 Å². The fourth-order valence-electron chi connectivity index (χ4n) is 4.69.